The van der Waals surface area contributed by atoms with Crippen LogP contribution < -0.4 is 0 Å². The lowest BCUT2D eigenvalue weighted by atomic mass is 10.1. The Morgan fingerprint density at radius 1 is 1.17 bits per heavy atom. The summed E-state index contributed by atoms with van der Waals surface area (Å²) in [4.78, 5) is 0. The van der Waals surface area contributed by atoms with Crippen molar-refractivity contribution in [1.29, 1.82) is 0 Å². The van der Waals surface area contributed by atoms with Crippen molar-refractivity contribution in [3.8, 4) is 0 Å². The summed E-state index contributed by atoms with van der Waals surface area (Å²) < 4.78 is 10.3. The zero-order valence-electron chi connectivity index (χ0n) is 7.95. The number of hydrogen-bond donors (Lipinski definition) is 0. The van der Waals surface area contributed by atoms with Crippen molar-refractivity contribution in [3.63, 3.8) is 0 Å². The maximum absolute atomic E-state index is 5.16. The van der Waals surface area contributed by atoms with Gasteiger partial charge in [0.25, 0.3) is 0 Å². The van der Waals surface area contributed by atoms with Crippen LogP contribution in [0.25, 0.3) is 0 Å². The highest BCUT2D eigenvalue weighted by Crippen LogP contribution is 2.15. The third-order valence-electron chi connectivity index (χ3n) is 1.99. The molecule has 0 fully saturated rings. The van der Waals surface area contributed by atoms with Crippen LogP contribution in [0.4, 0.5) is 0 Å². The molecule has 0 unspecified atom stereocenters. The molecule has 0 aliphatic carbocycles. The van der Waals surface area contributed by atoms with Gasteiger partial charge in [0.1, 0.15) is 12.5 Å². The van der Waals surface area contributed by atoms with Crippen LogP contribution in [0.15, 0.2) is 12.5 Å². The largest absolute Gasteiger partial charge is 0.459 e. The first-order valence-corrected chi connectivity index (χ1v) is 4.75. The molecule has 0 aromatic rings. The van der Waals surface area contributed by atoms with E-state index in [2.05, 4.69) is 13.8 Å². The fourth-order valence-electron chi connectivity index (χ4n) is 1.27. The molecule has 2 nitrogen and oxygen atoms in total. The monoisotopic (exact) mass is 170 g/mol. The van der Waals surface area contributed by atoms with Crippen molar-refractivity contribution in [2.45, 2.75) is 45.8 Å². The van der Waals surface area contributed by atoms with Crippen LogP contribution in [-0.4, -0.2) is 6.29 Å². The van der Waals surface area contributed by atoms with Gasteiger partial charge in [-0.25, -0.2) is 0 Å². The lowest BCUT2D eigenvalue weighted by Crippen LogP contribution is -2.06. The molecule has 0 radical (unpaired) electrons. The van der Waals surface area contributed by atoms with Crippen LogP contribution in [0.5, 0.6) is 0 Å². The second kappa shape index (κ2) is 5.07. The topological polar surface area (TPSA) is 18.5 Å². The molecule has 0 N–H and O–H groups in total. The number of rotatable bonds is 5. The van der Waals surface area contributed by atoms with Gasteiger partial charge in [-0.3, -0.25) is 0 Å². The SMILES string of the molecule is CC(C)CCCCC1OC=CO1. The number of unbranched alkanes of at least 4 members (excludes halogenated alkanes) is 1. The van der Waals surface area contributed by atoms with Gasteiger partial charge in [-0.15, -0.1) is 0 Å². The molecule has 0 aromatic carbocycles. The van der Waals surface area contributed by atoms with E-state index in [0.717, 1.165) is 12.3 Å². The molecule has 12 heavy (non-hydrogen) atoms. The van der Waals surface area contributed by atoms with Crippen molar-refractivity contribution in [2.24, 2.45) is 5.92 Å². The minimum absolute atomic E-state index is 0.00263. The molecule has 0 saturated carbocycles. The van der Waals surface area contributed by atoms with Gasteiger partial charge in [0.05, 0.1) is 0 Å². The highest BCUT2D eigenvalue weighted by Gasteiger charge is 2.10. The first-order valence-electron chi connectivity index (χ1n) is 4.75. The molecule has 2 heteroatoms. The van der Waals surface area contributed by atoms with Crippen molar-refractivity contribution >= 4 is 0 Å². The average Bonchev–Trinajstić information content (AvgIpc) is 2.49. The summed E-state index contributed by atoms with van der Waals surface area (Å²) in [7, 11) is 0. The quantitative estimate of drug-likeness (QED) is 0.590. The van der Waals surface area contributed by atoms with E-state index in [1.54, 1.807) is 12.5 Å². The van der Waals surface area contributed by atoms with E-state index in [-0.39, 0.29) is 6.29 Å². The number of ether oxygens (including phenoxy) is 2. The molecule has 1 aliphatic rings. The molecule has 1 aliphatic heterocycles. The van der Waals surface area contributed by atoms with Crippen LogP contribution in [0.3, 0.4) is 0 Å². The molecular weight excluding hydrogens is 152 g/mol. The molecule has 70 valence electrons. The maximum Gasteiger partial charge on any atom is 0.239 e. The Morgan fingerprint density at radius 3 is 2.42 bits per heavy atom. The Balaban J connectivity index is 1.89. The highest BCUT2D eigenvalue weighted by atomic mass is 16.7. The Kier molecular flexibility index (Phi) is 3.98. The molecule has 0 amide bonds. The average molecular weight is 170 g/mol. The summed E-state index contributed by atoms with van der Waals surface area (Å²) in [6, 6.07) is 0. The maximum atomic E-state index is 5.16. The first kappa shape index (κ1) is 9.43. The van der Waals surface area contributed by atoms with Crippen LogP contribution in [-0.2, 0) is 9.47 Å². The molecule has 0 aromatic heterocycles. The molecule has 1 rings (SSSR count). The van der Waals surface area contributed by atoms with Crippen LogP contribution in [0.2, 0.25) is 0 Å². The molecule has 0 saturated heterocycles. The minimum atomic E-state index is -0.00263. The van der Waals surface area contributed by atoms with Gasteiger partial charge in [0, 0.05) is 6.42 Å². The lowest BCUT2D eigenvalue weighted by Gasteiger charge is -2.10. The predicted molar refractivity (Wildman–Crippen MR) is 48.4 cm³/mol. The van der Waals surface area contributed by atoms with Crippen LogP contribution in [0.1, 0.15) is 39.5 Å². The first-order chi connectivity index (χ1) is 5.79. The van der Waals surface area contributed by atoms with Gasteiger partial charge in [0.15, 0.2) is 0 Å². The molecule has 0 spiro atoms. The second-order valence-electron chi connectivity index (χ2n) is 3.65. The van der Waals surface area contributed by atoms with E-state index in [4.69, 9.17) is 9.47 Å². The second-order valence-corrected chi connectivity index (χ2v) is 3.65. The van der Waals surface area contributed by atoms with E-state index in [9.17, 15) is 0 Å². The van der Waals surface area contributed by atoms with Crippen molar-refractivity contribution in [2.75, 3.05) is 0 Å². The van der Waals surface area contributed by atoms with Gasteiger partial charge in [0.2, 0.25) is 6.29 Å². The fraction of sp³-hybridized carbons (Fsp3) is 0.800. The Labute approximate surface area is 74.6 Å². The predicted octanol–water partition coefficient (Wildman–Crippen LogP) is 3.05. The molecule has 1 heterocycles. The molecule has 0 bridgehead atoms. The van der Waals surface area contributed by atoms with Crippen molar-refractivity contribution < 1.29 is 9.47 Å². The van der Waals surface area contributed by atoms with Gasteiger partial charge in [-0.05, 0) is 12.3 Å². The zero-order valence-corrected chi connectivity index (χ0v) is 7.95. The smallest absolute Gasteiger partial charge is 0.239 e. The van der Waals surface area contributed by atoms with E-state index in [0.29, 0.717) is 0 Å². The Morgan fingerprint density at radius 2 is 1.83 bits per heavy atom. The van der Waals surface area contributed by atoms with Gasteiger partial charge in [-0.1, -0.05) is 26.7 Å². The third kappa shape index (κ3) is 3.65. The van der Waals surface area contributed by atoms with Gasteiger partial charge in [-0.2, -0.15) is 0 Å². The summed E-state index contributed by atoms with van der Waals surface area (Å²) in [5, 5.41) is 0. The summed E-state index contributed by atoms with van der Waals surface area (Å²) in [5.74, 6) is 0.813. The number of hydrogen-bond acceptors (Lipinski definition) is 2. The zero-order chi connectivity index (χ0) is 8.81. The van der Waals surface area contributed by atoms with E-state index >= 15 is 0 Å². The van der Waals surface area contributed by atoms with E-state index in [1.807, 2.05) is 0 Å². The summed E-state index contributed by atoms with van der Waals surface area (Å²) >= 11 is 0. The highest BCUT2D eigenvalue weighted by molar-refractivity contribution is 4.70. The van der Waals surface area contributed by atoms with Crippen molar-refractivity contribution in [3.05, 3.63) is 12.5 Å². The van der Waals surface area contributed by atoms with Crippen LogP contribution >= 0.6 is 0 Å². The fourth-order valence-corrected chi connectivity index (χ4v) is 1.27. The van der Waals surface area contributed by atoms with E-state index < -0.39 is 0 Å². The summed E-state index contributed by atoms with van der Waals surface area (Å²) in [5.41, 5.74) is 0. The minimum Gasteiger partial charge on any atom is -0.459 e. The molecule has 0 atom stereocenters. The summed E-state index contributed by atoms with van der Waals surface area (Å²) in [6.07, 6.45) is 8.03. The Hall–Kier alpha value is -0.660. The Bertz CT molecular complexity index is 133. The standard InChI is InChI=1S/C10H18O2/c1-9(2)5-3-4-6-10-11-7-8-12-10/h7-10H,3-6H2,1-2H3. The van der Waals surface area contributed by atoms with Crippen molar-refractivity contribution in [1.82, 2.24) is 0 Å². The van der Waals surface area contributed by atoms with E-state index in [1.165, 1.54) is 19.3 Å². The van der Waals surface area contributed by atoms with Gasteiger partial charge < -0.3 is 9.47 Å². The van der Waals surface area contributed by atoms with Crippen LogP contribution in [0, 0.1) is 5.92 Å². The molecular formula is C10H18O2. The van der Waals surface area contributed by atoms with Gasteiger partial charge >= 0.3 is 0 Å². The lowest BCUT2D eigenvalue weighted by molar-refractivity contribution is -0.0296. The third-order valence-corrected chi connectivity index (χ3v) is 1.99. The normalized spacial score (nSPS) is 16.6. The summed E-state index contributed by atoms with van der Waals surface area (Å²) in [6.45, 7) is 4.51.